The van der Waals surface area contributed by atoms with Crippen LogP contribution in [-0.2, 0) is 22.1 Å². The van der Waals surface area contributed by atoms with Crippen molar-refractivity contribution >= 4 is 11.9 Å². The topological polar surface area (TPSA) is 63.6 Å². The Hall–Kier alpha value is -2.05. The third-order valence-corrected chi connectivity index (χ3v) is 2.53. The molecule has 0 aliphatic carbocycles. The summed E-state index contributed by atoms with van der Waals surface area (Å²) in [5, 5.41) is 8.53. The number of aliphatic carboxylic acids is 1. The van der Waals surface area contributed by atoms with Gasteiger partial charge in [-0.15, -0.1) is 0 Å². The fraction of sp³-hybridized carbons (Fsp3) is 0.385. The lowest BCUT2D eigenvalue weighted by Gasteiger charge is -2.13. The predicted molar refractivity (Wildman–Crippen MR) is 63.4 cm³/mol. The molecule has 0 aliphatic heterocycles. The molecular formula is C13H13F3O4. The van der Waals surface area contributed by atoms with E-state index in [1.54, 1.807) is 6.92 Å². The summed E-state index contributed by atoms with van der Waals surface area (Å²) < 4.78 is 43.3. The molecule has 0 aromatic heterocycles. The largest absolute Gasteiger partial charge is 0.481 e. The minimum Gasteiger partial charge on any atom is -0.481 e. The monoisotopic (exact) mass is 290 g/mol. The molecule has 0 radical (unpaired) electrons. The lowest BCUT2D eigenvalue weighted by atomic mass is 9.99. The van der Waals surface area contributed by atoms with Crippen LogP contribution in [0, 0.1) is 0 Å². The van der Waals surface area contributed by atoms with Crippen LogP contribution in [0.1, 0.15) is 34.8 Å². The summed E-state index contributed by atoms with van der Waals surface area (Å²) in [5.74, 6) is -2.03. The molecule has 1 N–H and O–H groups in total. The molecule has 1 rings (SSSR count). The van der Waals surface area contributed by atoms with Crippen LogP contribution in [-0.4, -0.2) is 23.7 Å². The highest BCUT2D eigenvalue weighted by atomic mass is 19.4. The lowest BCUT2D eigenvalue weighted by molar-refractivity contribution is -0.140. The Bertz CT molecular complexity index is 509. The summed E-state index contributed by atoms with van der Waals surface area (Å²) in [7, 11) is 0. The van der Waals surface area contributed by atoms with Crippen molar-refractivity contribution in [3.05, 3.63) is 34.9 Å². The van der Waals surface area contributed by atoms with E-state index in [4.69, 9.17) is 5.11 Å². The van der Waals surface area contributed by atoms with Crippen LogP contribution in [0.25, 0.3) is 0 Å². The predicted octanol–water partition coefficient (Wildman–Crippen LogP) is 2.90. The summed E-state index contributed by atoms with van der Waals surface area (Å²) in [4.78, 5) is 21.9. The molecule has 7 heteroatoms. The number of hydrogen-bond donors (Lipinski definition) is 1. The Morgan fingerprint density at radius 1 is 1.30 bits per heavy atom. The van der Waals surface area contributed by atoms with Crippen molar-refractivity contribution in [1.82, 2.24) is 0 Å². The molecule has 0 aliphatic rings. The summed E-state index contributed by atoms with van der Waals surface area (Å²) >= 11 is 0. The fourth-order valence-corrected chi connectivity index (χ4v) is 1.64. The van der Waals surface area contributed by atoms with Crippen LogP contribution < -0.4 is 0 Å². The minimum absolute atomic E-state index is 0.0565. The van der Waals surface area contributed by atoms with Gasteiger partial charge >= 0.3 is 18.1 Å². The molecule has 0 saturated heterocycles. The van der Waals surface area contributed by atoms with Crippen molar-refractivity contribution in [3.63, 3.8) is 0 Å². The first-order valence-corrected chi connectivity index (χ1v) is 5.84. The van der Waals surface area contributed by atoms with E-state index in [-0.39, 0.29) is 24.2 Å². The van der Waals surface area contributed by atoms with Crippen LogP contribution in [0.4, 0.5) is 13.2 Å². The second-order valence-electron chi connectivity index (χ2n) is 3.98. The first-order chi connectivity index (χ1) is 9.25. The average Bonchev–Trinajstić information content (AvgIpc) is 2.35. The molecule has 4 nitrogen and oxygen atoms in total. The van der Waals surface area contributed by atoms with E-state index in [1.165, 1.54) is 6.07 Å². The summed E-state index contributed by atoms with van der Waals surface area (Å²) in [6.45, 7) is 1.60. The molecule has 0 amide bonds. The van der Waals surface area contributed by atoms with Gasteiger partial charge < -0.3 is 9.84 Å². The number of halogens is 3. The normalized spacial score (nSPS) is 11.2. The fourth-order valence-electron chi connectivity index (χ4n) is 1.64. The van der Waals surface area contributed by atoms with E-state index < -0.39 is 30.1 Å². The Labute approximate surface area is 113 Å². The standard InChI is InChI=1S/C13H13F3O4/c1-2-20-12(19)9-4-3-8(5-6-11(17)18)10(7-9)13(14,15)16/h3-4,7H,2,5-6H2,1H3,(H,17,18). The number of aryl methyl sites for hydroxylation is 1. The molecule has 110 valence electrons. The number of alkyl halides is 3. The summed E-state index contributed by atoms with van der Waals surface area (Å²) in [6.07, 6.45) is -5.33. The number of carboxylic acids is 1. The summed E-state index contributed by atoms with van der Waals surface area (Å²) in [6, 6.07) is 3.00. The lowest BCUT2D eigenvalue weighted by Crippen LogP contribution is -2.13. The second-order valence-corrected chi connectivity index (χ2v) is 3.98. The molecule has 0 saturated carbocycles. The third kappa shape index (κ3) is 4.25. The molecule has 1 aromatic rings. The van der Waals surface area contributed by atoms with Crippen LogP contribution >= 0.6 is 0 Å². The molecule has 0 spiro atoms. The van der Waals surface area contributed by atoms with Gasteiger partial charge in [0.1, 0.15) is 0 Å². The molecule has 0 unspecified atom stereocenters. The van der Waals surface area contributed by atoms with E-state index in [9.17, 15) is 22.8 Å². The Morgan fingerprint density at radius 2 is 1.95 bits per heavy atom. The van der Waals surface area contributed by atoms with Gasteiger partial charge in [0.2, 0.25) is 0 Å². The second kappa shape index (κ2) is 6.40. The van der Waals surface area contributed by atoms with Gasteiger partial charge in [-0.25, -0.2) is 4.79 Å². The van der Waals surface area contributed by atoms with Crippen LogP contribution in [0.2, 0.25) is 0 Å². The highest BCUT2D eigenvalue weighted by Crippen LogP contribution is 2.33. The van der Waals surface area contributed by atoms with Gasteiger partial charge in [0.15, 0.2) is 0 Å². The van der Waals surface area contributed by atoms with E-state index in [2.05, 4.69) is 4.74 Å². The maximum absolute atomic E-state index is 12.9. The third-order valence-electron chi connectivity index (χ3n) is 2.53. The number of rotatable bonds is 5. The molecule has 0 fully saturated rings. The van der Waals surface area contributed by atoms with E-state index in [1.807, 2.05) is 0 Å². The highest BCUT2D eigenvalue weighted by Gasteiger charge is 2.34. The van der Waals surface area contributed by atoms with Gasteiger partial charge in [-0.2, -0.15) is 13.2 Å². The number of carbonyl (C=O) groups is 2. The smallest absolute Gasteiger partial charge is 0.416 e. The van der Waals surface area contributed by atoms with E-state index in [0.29, 0.717) is 6.07 Å². The number of benzene rings is 1. The van der Waals surface area contributed by atoms with Crippen molar-refractivity contribution < 1.29 is 32.6 Å². The van der Waals surface area contributed by atoms with Gasteiger partial charge in [0.05, 0.1) is 17.7 Å². The number of hydrogen-bond acceptors (Lipinski definition) is 3. The Morgan fingerprint density at radius 3 is 2.45 bits per heavy atom. The zero-order valence-electron chi connectivity index (χ0n) is 10.7. The minimum atomic E-state index is -4.66. The number of carbonyl (C=O) groups excluding carboxylic acids is 1. The van der Waals surface area contributed by atoms with Crippen LogP contribution in [0.15, 0.2) is 18.2 Å². The van der Waals surface area contributed by atoms with Crippen molar-refractivity contribution in [1.29, 1.82) is 0 Å². The van der Waals surface area contributed by atoms with Crippen molar-refractivity contribution in [2.24, 2.45) is 0 Å². The summed E-state index contributed by atoms with van der Waals surface area (Å²) in [5.41, 5.74) is -1.38. The van der Waals surface area contributed by atoms with Crippen molar-refractivity contribution in [3.8, 4) is 0 Å². The van der Waals surface area contributed by atoms with Crippen molar-refractivity contribution in [2.45, 2.75) is 25.9 Å². The van der Waals surface area contributed by atoms with Gasteiger partial charge in [-0.1, -0.05) is 6.07 Å². The van der Waals surface area contributed by atoms with Crippen LogP contribution in [0.3, 0.4) is 0 Å². The molecule has 0 heterocycles. The molecular weight excluding hydrogens is 277 g/mol. The van der Waals surface area contributed by atoms with E-state index >= 15 is 0 Å². The first-order valence-electron chi connectivity index (χ1n) is 5.84. The molecule has 20 heavy (non-hydrogen) atoms. The maximum Gasteiger partial charge on any atom is 0.416 e. The van der Waals surface area contributed by atoms with Gasteiger partial charge in [0.25, 0.3) is 0 Å². The zero-order valence-corrected chi connectivity index (χ0v) is 10.7. The average molecular weight is 290 g/mol. The number of esters is 1. The highest BCUT2D eigenvalue weighted by molar-refractivity contribution is 5.89. The van der Waals surface area contributed by atoms with E-state index in [0.717, 1.165) is 6.07 Å². The number of ether oxygens (including phenoxy) is 1. The maximum atomic E-state index is 12.9. The van der Waals surface area contributed by atoms with Gasteiger partial charge in [0, 0.05) is 6.42 Å². The van der Waals surface area contributed by atoms with Gasteiger partial charge in [-0.3, -0.25) is 4.79 Å². The zero-order chi connectivity index (χ0) is 15.3. The quantitative estimate of drug-likeness (QED) is 0.847. The Balaban J connectivity index is 3.13. The van der Waals surface area contributed by atoms with Crippen LogP contribution in [0.5, 0.6) is 0 Å². The first kappa shape index (κ1) is 16.0. The molecule has 1 aromatic carbocycles. The SMILES string of the molecule is CCOC(=O)c1ccc(CCC(=O)O)c(C(F)(F)F)c1. The molecule has 0 atom stereocenters. The van der Waals surface area contributed by atoms with Gasteiger partial charge in [-0.05, 0) is 31.0 Å². The van der Waals surface area contributed by atoms with Crippen molar-refractivity contribution in [2.75, 3.05) is 6.61 Å². The Kier molecular flexibility index (Phi) is 5.12. The number of carboxylic acid groups (broad SMARTS) is 1. The molecule has 0 bridgehead atoms.